The maximum atomic E-state index is 13.8. The van der Waals surface area contributed by atoms with Gasteiger partial charge in [0.15, 0.2) is 11.5 Å². The van der Waals surface area contributed by atoms with E-state index in [1.165, 1.54) is 12.8 Å². The largest absolute Gasteiger partial charge is 0.493 e. The summed E-state index contributed by atoms with van der Waals surface area (Å²) < 4.78 is 16.5. The van der Waals surface area contributed by atoms with Gasteiger partial charge in [-0.05, 0) is 68.2 Å². The first-order valence-electron chi connectivity index (χ1n) is 15.0. The molecule has 8 heteroatoms. The van der Waals surface area contributed by atoms with E-state index in [4.69, 9.17) is 14.2 Å². The number of rotatable bonds is 16. The fourth-order valence-electron chi connectivity index (χ4n) is 5.52. The second-order valence-electron chi connectivity index (χ2n) is 11.7. The molecule has 41 heavy (non-hydrogen) atoms. The van der Waals surface area contributed by atoms with E-state index in [1.54, 1.807) is 26.4 Å². The van der Waals surface area contributed by atoms with Crippen LogP contribution in [0.3, 0.4) is 0 Å². The zero-order chi connectivity index (χ0) is 29.2. The first kappa shape index (κ1) is 30.8. The highest BCUT2D eigenvalue weighted by molar-refractivity contribution is 5.95. The summed E-state index contributed by atoms with van der Waals surface area (Å²) >= 11 is 0. The molecule has 0 unspecified atom stereocenters. The number of carbonyl (C=O) groups excluding carboxylic acids is 2. The lowest BCUT2D eigenvalue weighted by atomic mass is 9.93. The number of hydrogen-bond acceptors (Lipinski definition) is 6. The number of nitrogens with zero attached hydrogens (tertiary/aromatic N) is 2. The van der Waals surface area contributed by atoms with Crippen LogP contribution in [-0.2, 0) is 16.0 Å². The quantitative estimate of drug-likeness (QED) is 0.306. The van der Waals surface area contributed by atoms with Crippen LogP contribution in [-0.4, -0.2) is 87.8 Å². The Balaban J connectivity index is 1.43. The van der Waals surface area contributed by atoms with E-state index in [-0.39, 0.29) is 29.7 Å². The molecule has 8 nitrogen and oxygen atoms in total. The maximum Gasteiger partial charge on any atom is 0.254 e. The molecule has 2 aromatic carbocycles. The first-order valence-corrected chi connectivity index (χ1v) is 15.0. The van der Waals surface area contributed by atoms with Crippen LogP contribution in [0.25, 0.3) is 0 Å². The number of hydrogen-bond donors (Lipinski definition) is 1. The zero-order valence-electron chi connectivity index (χ0n) is 25.1. The highest BCUT2D eigenvalue weighted by Crippen LogP contribution is 2.32. The van der Waals surface area contributed by atoms with Crippen molar-refractivity contribution in [2.75, 3.05) is 60.2 Å². The van der Waals surface area contributed by atoms with Crippen molar-refractivity contribution in [2.45, 2.75) is 45.6 Å². The molecule has 4 rings (SSSR count). The average molecular weight is 566 g/mol. The third-order valence-electron chi connectivity index (χ3n) is 8.14. The van der Waals surface area contributed by atoms with Crippen molar-refractivity contribution in [1.29, 1.82) is 0 Å². The SMILES string of the molecule is COCCCOc1cc(C(=O)N(C[C@@H]2CNC[C@H]2CN(CC2CC2)C(=O)Cc2ccccc2)C(C)C)ccc1OC. The minimum absolute atomic E-state index is 0.0231. The summed E-state index contributed by atoms with van der Waals surface area (Å²) in [5, 5.41) is 3.54. The normalized spacial score (nSPS) is 18.4. The third-order valence-corrected chi connectivity index (χ3v) is 8.14. The number of nitrogens with one attached hydrogen (secondary N) is 1. The van der Waals surface area contributed by atoms with Crippen LogP contribution >= 0.6 is 0 Å². The van der Waals surface area contributed by atoms with Crippen molar-refractivity contribution in [2.24, 2.45) is 17.8 Å². The van der Waals surface area contributed by atoms with E-state index in [2.05, 4.69) is 24.1 Å². The van der Waals surface area contributed by atoms with Crippen LogP contribution in [0.15, 0.2) is 48.5 Å². The third kappa shape index (κ3) is 8.94. The Labute approximate surface area is 245 Å². The van der Waals surface area contributed by atoms with Crippen molar-refractivity contribution < 1.29 is 23.8 Å². The number of amides is 2. The van der Waals surface area contributed by atoms with Gasteiger partial charge in [0, 0.05) is 64.5 Å². The molecule has 1 aliphatic heterocycles. The first-order chi connectivity index (χ1) is 19.9. The summed E-state index contributed by atoms with van der Waals surface area (Å²) in [6.07, 6.45) is 3.59. The Hall–Kier alpha value is -3.10. The molecular formula is C33H47N3O5. The molecule has 1 saturated carbocycles. The highest BCUT2D eigenvalue weighted by atomic mass is 16.5. The number of methoxy groups -OCH3 is 2. The summed E-state index contributed by atoms with van der Waals surface area (Å²) in [7, 11) is 3.27. The smallest absolute Gasteiger partial charge is 0.254 e. The highest BCUT2D eigenvalue weighted by Gasteiger charge is 2.35. The van der Waals surface area contributed by atoms with E-state index in [0.29, 0.717) is 49.2 Å². The molecular weight excluding hydrogens is 518 g/mol. The van der Waals surface area contributed by atoms with Crippen LogP contribution in [0.2, 0.25) is 0 Å². The molecule has 0 bridgehead atoms. The number of benzene rings is 2. The zero-order valence-corrected chi connectivity index (χ0v) is 25.1. The van der Waals surface area contributed by atoms with Gasteiger partial charge in [-0.2, -0.15) is 0 Å². The molecule has 0 aromatic heterocycles. The Morgan fingerprint density at radius 3 is 2.32 bits per heavy atom. The Morgan fingerprint density at radius 2 is 1.66 bits per heavy atom. The monoisotopic (exact) mass is 565 g/mol. The Kier molecular flexibility index (Phi) is 11.5. The van der Waals surface area contributed by atoms with Gasteiger partial charge in [0.1, 0.15) is 0 Å². The van der Waals surface area contributed by atoms with Crippen molar-refractivity contribution in [3.05, 3.63) is 59.7 Å². The lowest BCUT2D eigenvalue weighted by Crippen LogP contribution is -2.45. The lowest BCUT2D eigenvalue weighted by Gasteiger charge is -2.34. The van der Waals surface area contributed by atoms with Gasteiger partial charge in [0.2, 0.25) is 5.91 Å². The van der Waals surface area contributed by atoms with E-state index >= 15 is 0 Å². The van der Waals surface area contributed by atoms with Crippen LogP contribution in [0.1, 0.15) is 49.0 Å². The van der Waals surface area contributed by atoms with Gasteiger partial charge in [0.05, 0.1) is 20.1 Å². The van der Waals surface area contributed by atoms with Crippen molar-refractivity contribution in [3.63, 3.8) is 0 Å². The molecule has 0 spiro atoms. The summed E-state index contributed by atoms with van der Waals surface area (Å²) in [5.41, 5.74) is 1.63. The predicted molar refractivity (Wildman–Crippen MR) is 160 cm³/mol. The van der Waals surface area contributed by atoms with Gasteiger partial charge in [0.25, 0.3) is 5.91 Å². The van der Waals surface area contributed by atoms with Crippen molar-refractivity contribution >= 4 is 11.8 Å². The molecule has 1 aliphatic carbocycles. The molecule has 0 radical (unpaired) electrons. The van der Waals surface area contributed by atoms with Crippen molar-refractivity contribution in [1.82, 2.24) is 15.1 Å². The molecule has 1 heterocycles. The predicted octanol–water partition coefficient (Wildman–Crippen LogP) is 4.28. The Morgan fingerprint density at radius 1 is 0.927 bits per heavy atom. The van der Waals surface area contributed by atoms with Gasteiger partial charge < -0.3 is 29.3 Å². The average Bonchev–Trinajstić information content (AvgIpc) is 3.69. The van der Waals surface area contributed by atoms with Gasteiger partial charge in [-0.25, -0.2) is 0 Å². The molecule has 2 aromatic rings. The van der Waals surface area contributed by atoms with Crippen molar-refractivity contribution in [3.8, 4) is 11.5 Å². The second-order valence-corrected chi connectivity index (χ2v) is 11.7. The summed E-state index contributed by atoms with van der Waals surface area (Å²) in [6.45, 7) is 9.08. The molecule has 2 aliphatic rings. The van der Waals surface area contributed by atoms with Crippen LogP contribution in [0.5, 0.6) is 11.5 Å². The van der Waals surface area contributed by atoms with E-state index in [9.17, 15) is 9.59 Å². The van der Waals surface area contributed by atoms with Gasteiger partial charge in [-0.15, -0.1) is 0 Å². The summed E-state index contributed by atoms with van der Waals surface area (Å²) in [4.78, 5) is 31.3. The fraction of sp³-hybridized carbons (Fsp3) is 0.576. The van der Waals surface area contributed by atoms with E-state index in [1.807, 2.05) is 41.3 Å². The standard InChI is InChI=1S/C33H47N3O5/c1-24(2)36(33(38)27-13-14-30(40-4)31(18-27)41-16-8-15-39-3)23-29-20-34-19-28(29)22-35(21-26-11-12-26)32(37)17-25-9-6-5-7-10-25/h5-7,9-10,13-14,18,24,26,28-29,34H,8,11-12,15-17,19-23H2,1-4H3/t28-,29-/m0/s1. The maximum absolute atomic E-state index is 13.8. The second kappa shape index (κ2) is 15.2. The molecule has 2 atom stereocenters. The minimum atomic E-state index is -0.0231. The summed E-state index contributed by atoms with van der Waals surface area (Å²) in [6, 6.07) is 15.4. The van der Waals surface area contributed by atoms with Gasteiger partial charge >= 0.3 is 0 Å². The van der Waals surface area contributed by atoms with Crippen LogP contribution in [0, 0.1) is 17.8 Å². The number of ether oxygens (including phenoxy) is 3. The lowest BCUT2D eigenvalue weighted by molar-refractivity contribution is -0.131. The van der Waals surface area contributed by atoms with Crippen LogP contribution in [0.4, 0.5) is 0 Å². The fourth-order valence-corrected chi connectivity index (χ4v) is 5.52. The van der Waals surface area contributed by atoms with Gasteiger partial charge in [-0.3, -0.25) is 9.59 Å². The van der Waals surface area contributed by atoms with E-state index in [0.717, 1.165) is 38.2 Å². The number of carbonyl (C=O) groups is 2. The minimum Gasteiger partial charge on any atom is -0.493 e. The van der Waals surface area contributed by atoms with Crippen LogP contribution < -0.4 is 14.8 Å². The molecule has 224 valence electrons. The van der Waals surface area contributed by atoms with Gasteiger partial charge in [-0.1, -0.05) is 30.3 Å². The molecule has 1 N–H and O–H groups in total. The molecule has 1 saturated heterocycles. The Bertz CT molecular complexity index is 1120. The molecule has 2 amide bonds. The molecule has 2 fully saturated rings. The van der Waals surface area contributed by atoms with E-state index < -0.39 is 0 Å². The summed E-state index contributed by atoms with van der Waals surface area (Å²) in [5.74, 6) is 2.51. The topological polar surface area (TPSA) is 80.3 Å².